The first-order valence-electron chi connectivity index (χ1n) is 7.47. The topological polar surface area (TPSA) is 29.5 Å². The Hall–Kier alpha value is -1.35. The highest BCUT2D eigenvalue weighted by atomic mass is 16.5. The molecule has 3 unspecified atom stereocenters. The van der Waals surface area contributed by atoms with Gasteiger partial charge in [0.1, 0.15) is 5.75 Å². The van der Waals surface area contributed by atoms with Gasteiger partial charge in [-0.1, -0.05) is 6.92 Å². The van der Waals surface area contributed by atoms with Crippen LogP contribution >= 0.6 is 0 Å². The molecule has 1 fully saturated rings. The molecule has 0 radical (unpaired) electrons. The van der Waals surface area contributed by atoms with Crippen LogP contribution in [0.15, 0.2) is 24.3 Å². The maximum Gasteiger partial charge on any atom is 0.179 e. The molecule has 1 aromatic rings. The molecule has 1 aliphatic rings. The zero-order valence-corrected chi connectivity index (χ0v) is 12.9. The van der Waals surface area contributed by atoms with Crippen molar-refractivity contribution < 1.29 is 9.53 Å². The summed E-state index contributed by atoms with van der Waals surface area (Å²) >= 11 is 0. The van der Waals surface area contributed by atoms with Crippen molar-refractivity contribution in [2.45, 2.75) is 45.7 Å². The average Bonchev–Trinajstić information content (AvgIpc) is 2.48. The normalized spacial score (nSPS) is 25.2. The number of nitrogens with zero attached hydrogens (tertiary/aromatic N) is 1. The van der Waals surface area contributed by atoms with Crippen molar-refractivity contribution in [2.24, 2.45) is 5.92 Å². The first kappa shape index (κ1) is 15.0. The van der Waals surface area contributed by atoms with Crippen LogP contribution in [0.4, 0.5) is 0 Å². The largest absolute Gasteiger partial charge is 0.497 e. The number of likely N-dealkylation sites (tertiary alicyclic amines) is 1. The van der Waals surface area contributed by atoms with Gasteiger partial charge in [0.25, 0.3) is 0 Å². The number of carbonyl (C=O) groups excluding carboxylic acids is 1. The molecule has 1 heterocycles. The molecule has 1 aliphatic heterocycles. The summed E-state index contributed by atoms with van der Waals surface area (Å²) in [6, 6.07) is 7.85. The molecule has 3 heteroatoms. The molecular formula is C17H25NO2. The van der Waals surface area contributed by atoms with E-state index in [0.717, 1.165) is 17.9 Å². The number of ether oxygens (including phenoxy) is 1. The third-order valence-electron chi connectivity index (χ3n) is 4.42. The number of carbonyl (C=O) groups is 1. The Bertz CT molecular complexity index is 455. The summed E-state index contributed by atoms with van der Waals surface area (Å²) in [7, 11) is 1.64. The standard InChI is InChI=1S/C17H25NO2/c1-12-5-6-13(2)18(11-12)14(3)17(19)15-7-9-16(20-4)10-8-15/h7-10,12-14H,5-6,11H2,1-4H3. The van der Waals surface area contributed by atoms with Gasteiger partial charge in [0.15, 0.2) is 5.78 Å². The number of ketones is 1. The van der Waals surface area contributed by atoms with Crippen LogP contribution in [0.2, 0.25) is 0 Å². The predicted molar refractivity (Wildman–Crippen MR) is 81.4 cm³/mol. The molecular weight excluding hydrogens is 250 g/mol. The molecule has 1 saturated heterocycles. The van der Waals surface area contributed by atoms with E-state index in [1.165, 1.54) is 12.8 Å². The van der Waals surface area contributed by atoms with E-state index in [2.05, 4.69) is 18.7 Å². The Balaban J connectivity index is 2.10. The van der Waals surface area contributed by atoms with Crippen LogP contribution in [0, 0.1) is 5.92 Å². The van der Waals surface area contributed by atoms with Crippen molar-refractivity contribution in [1.29, 1.82) is 0 Å². The first-order valence-corrected chi connectivity index (χ1v) is 7.47. The van der Waals surface area contributed by atoms with Crippen molar-refractivity contribution in [1.82, 2.24) is 4.90 Å². The lowest BCUT2D eigenvalue weighted by Gasteiger charge is -2.40. The number of hydrogen-bond acceptors (Lipinski definition) is 3. The van der Waals surface area contributed by atoms with Gasteiger partial charge in [-0.2, -0.15) is 0 Å². The quantitative estimate of drug-likeness (QED) is 0.789. The third kappa shape index (κ3) is 3.21. The van der Waals surface area contributed by atoms with Gasteiger partial charge in [-0.25, -0.2) is 0 Å². The summed E-state index contributed by atoms with van der Waals surface area (Å²) in [4.78, 5) is 15.0. The highest BCUT2D eigenvalue weighted by molar-refractivity contribution is 6.00. The Kier molecular flexibility index (Phi) is 4.81. The first-order chi connectivity index (χ1) is 9.52. The Morgan fingerprint density at radius 3 is 2.50 bits per heavy atom. The van der Waals surface area contributed by atoms with E-state index in [9.17, 15) is 4.79 Å². The van der Waals surface area contributed by atoms with Crippen LogP contribution in [-0.2, 0) is 0 Å². The van der Waals surface area contributed by atoms with Gasteiger partial charge >= 0.3 is 0 Å². The number of hydrogen-bond donors (Lipinski definition) is 0. The van der Waals surface area contributed by atoms with Crippen LogP contribution in [0.3, 0.4) is 0 Å². The minimum absolute atomic E-state index is 0.0545. The van der Waals surface area contributed by atoms with Gasteiger partial charge in [-0.15, -0.1) is 0 Å². The van der Waals surface area contributed by atoms with E-state index in [-0.39, 0.29) is 11.8 Å². The van der Waals surface area contributed by atoms with E-state index in [1.807, 2.05) is 31.2 Å². The lowest BCUT2D eigenvalue weighted by Crippen LogP contribution is -2.49. The molecule has 0 spiro atoms. The molecule has 0 saturated carbocycles. The number of rotatable bonds is 4. The molecule has 110 valence electrons. The van der Waals surface area contributed by atoms with Crippen molar-refractivity contribution in [3.05, 3.63) is 29.8 Å². The number of Topliss-reactive ketones (excluding diaryl/α,β-unsaturated/α-hetero) is 1. The second-order valence-corrected chi connectivity index (χ2v) is 6.00. The third-order valence-corrected chi connectivity index (χ3v) is 4.42. The van der Waals surface area contributed by atoms with Gasteiger partial charge in [0.05, 0.1) is 13.2 Å². The number of benzene rings is 1. The zero-order valence-electron chi connectivity index (χ0n) is 12.9. The SMILES string of the molecule is COc1ccc(C(=O)C(C)N2CC(C)CCC2C)cc1. The zero-order chi connectivity index (χ0) is 14.7. The average molecular weight is 275 g/mol. The molecule has 2 rings (SSSR count). The second kappa shape index (κ2) is 6.40. The number of piperidine rings is 1. The monoisotopic (exact) mass is 275 g/mol. The summed E-state index contributed by atoms with van der Waals surface area (Å²) in [6.45, 7) is 7.54. The lowest BCUT2D eigenvalue weighted by atomic mass is 9.92. The molecule has 0 aliphatic carbocycles. The van der Waals surface area contributed by atoms with Gasteiger partial charge in [0, 0.05) is 18.2 Å². The molecule has 0 bridgehead atoms. The summed E-state index contributed by atoms with van der Waals surface area (Å²) in [5.74, 6) is 1.67. The van der Waals surface area contributed by atoms with Crippen LogP contribution in [0.5, 0.6) is 5.75 Å². The van der Waals surface area contributed by atoms with Gasteiger partial charge in [0.2, 0.25) is 0 Å². The number of methoxy groups -OCH3 is 1. The fourth-order valence-electron chi connectivity index (χ4n) is 3.01. The van der Waals surface area contributed by atoms with Gasteiger partial charge in [-0.3, -0.25) is 9.69 Å². The van der Waals surface area contributed by atoms with Crippen molar-refractivity contribution in [3.8, 4) is 5.75 Å². The molecule has 20 heavy (non-hydrogen) atoms. The summed E-state index contributed by atoms with van der Waals surface area (Å²) in [5.41, 5.74) is 0.767. The van der Waals surface area contributed by atoms with E-state index < -0.39 is 0 Å². The summed E-state index contributed by atoms with van der Waals surface area (Å²) in [6.07, 6.45) is 2.45. The summed E-state index contributed by atoms with van der Waals surface area (Å²) in [5, 5.41) is 0. The Morgan fingerprint density at radius 1 is 1.25 bits per heavy atom. The fraction of sp³-hybridized carbons (Fsp3) is 0.588. The molecule has 3 atom stereocenters. The molecule has 0 N–H and O–H groups in total. The van der Waals surface area contributed by atoms with Gasteiger partial charge in [-0.05, 0) is 56.9 Å². The maximum atomic E-state index is 12.6. The minimum atomic E-state index is -0.0545. The van der Waals surface area contributed by atoms with E-state index in [4.69, 9.17) is 4.74 Å². The lowest BCUT2D eigenvalue weighted by molar-refractivity contribution is 0.0607. The fourth-order valence-corrected chi connectivity index (χ4v) is 3.01. The summed E-state index contributed by atoms with van der Waals surface area (Å²) < 4.78 is 5.14. The van der Waals surface area contributed by atoms with E-state index in [0.29, 0.717) is 12.0 Å². The highest BCUT2D eigenvalue weighted by Crippen LogP contribution is 2.25. The van der Waals surface area contributed by atoms with Crippen molar-refractivity contribution in [3.63, 3.8) is 0 Å². The van der Waals surface area contributed by atoms with Crippen LogP contribution in [-0.4, -0.2) is 36.4 Å². The van der Waals surface area contributed by atoms with Crippen LogP contribution < -0.4 is 4.74 Å². The molecule has 0 amide bonds. The van der Waals surface area contributed by atoms with Crippen LogP contribution in [0.25, 0.3) is 0 Å². The Labute approximate surface area is 121 Å². The maximum absolute atomic E-state index is 12.6. The second-order valence-electron chi connectivity index (χ2n) is 6.00. The minimum Gasteiger partial charge on any atom is -0.497 e. The van der Waals surface area contributed by atoms with E-state index in [1.54, 1.807) is 7.11 Å². The van der Waals surface area contributed by atoms with Crippen LogP contribution in [0.1, 0.15) is 44.0 Å². The van der Waals surface area contributed by atoms with Gasteiger partial charge < -0.3 is 4.74 Å². The molecule has 0 aromatic heterocycles. The Morgan fingerprint density at radius 2 is 1.90 bits per heavy atom. The predicted octanol–water partition coefficient (Wildman–Crippen LogP) is 3.39. The van der Waals surface area contributed by atoms with Crippen molar-refractivity contribution in [2.75, 3.05) is 13.7 Å². The van der Waals surface area contributed by atoms with E-state index >= 15 is 0 Å². The molecule has 3 nitrogen and oxygen atoms in total. The van der Waals surface area contributed by atoms with Crippen molar-refractivity contribution >= 4 is 5.78 Å². The molecule has 1 aromatic carbocycles. The smallest absolute Gasteiger partial charge is 0.179 e. The highest BCUT2D eigenvalue weighted by Gasteiger charge is 2.30.